The number of fused-ring (bicyclic) bond motifs is 1. The highest BCUT2D eigenvalue weighted by Crippen LogP contribution is 2.23. The molecular weight excluding hydrogens is 356 g/mol. The molecule has 0 saturated carbocycles. The summed E-state index contributed by atoms with van der Waals surface area (Å²) in [6, 6.07) is 12.4. The maximum Gasteiger partial charge on any atom is 0.279 e. The Morgan fingerprint density at radius 3 is 2.76 bits per heavy atom. The van der Waals surface area contributed by atoms with Crippen molar-refractivity contribution in [3.05, 3.63) is 57.9 Å². The number of carbonyl (C=O) groups is 1. The maximum atomic E-state index is 12.4. The van der Waals surface area contributed by atoms with E-state index in [1.165, 1.54) is 11.3 Å². The van der Waals surface area contributed by atoms with E-state index in [0.717, 1.165) is 16.0 Å². The minimum Gasteiger partial charge on any atom is -0.494 e. The van der Waals surface area contributed by atoms with Crippen LogP contribution in [0.3, 0.4) is 0 Å². The summed E-state index contributed by atoms with van der Waals surface area (Å²) in [4.78, 5) is 17.2. The number of nitrogens with zero attached hydrogens (tertiary/aromatic N) is 2. The first-order valence-corrected chi connectivity index (χ1v) is 8.86. The Morgan fingerprint density at radius 2 is 2.08 bits per heavy atom. The molecule has 25 heavy (non-hydrogen) atoms. The molecule has 1 heterocycles. The van der Waals surface area contributed by atoms with Gasteiger partial charge in [0.1, 0.15) is 5.75 Å². The standard InChI is InChI=1S/C19H15ClN2O2S/c1-3-11-22-16-10-9-15(24-4-2)12-17(16)25-19(22)21-18(23)13-5-7-14(20)8-6-13/h1,5-10,12H,4,11H2,2H3. The van der Waals surface area contributed by atoms with Gasteiger partial charge in [0.15, 0.2) is 4.80 Å². The number of ether oxygens (including phenoxy) is 1. The zero-order valence-electron chi connectivity index (χ0n) is 13.5. The van der Waals surface area contributed by atoms with Crippen LogP contribution in [-0.2, 0) is 6.54 Å². The molecule has 0 N–H and O–H groups in total. The van der Waals surface area contributed by atoms with Crippen molar-refractivity contribution in [2.45, 2.75) is 13.5 Å². The third kappa shape index (κ3) is 3.76. The zero-order chi connectivity index (χ0) is 17.8. The monoisotopic (exact) mass is 370 g/mol. The second kappa shape index (κ2) is 7.56. The normalized spacial score (nSPS) is 11.5. The number of carbonyl (C=O) groups excluding carboxylic acids is 1. The number of halogens is 1. The lowest BCUT2D eigenvalue weighted by atomic mass is 10.2. The second-order valence-corrected chi connectivity index (χ2v) is 6.61. The number of benzene rings is 2. The van der Waals surface area contributed by atoms with Crippen LogP contribution in [0, 0.1) is 12.3 Å². The smallest absolute Gasteiger partial charge is 0.279 e. The molecule has 3 rings (SSSR count). The molecule has 0 spiro atoms. The van der Waals surface area contributed by atoms with Gasteiger partial charge in [-0.05, 0) is 49.4 Å². The lowest BCUT2D eigenvalue weighted by Gasteiger charge is -2.03. The summed E-state index contributed by atoms with van der Waals surface area (Å²) in [6.07, 6.45) is 5.48. The minimum atomic E-state index is -0.334. The molecule has 1 amide bonds. The molecule has 126 valence electrons. The molecule has 0 unspecified atom stereocenters. The Kier molecular flexibility index (Phi) is 5.22. The van der Waals surface area contributed by atoms with Gasteiger partial charge in [-0.2, -0.15) is 4.99 Å². The second-order valence-electron chi connectivity index (χ2n) is 5.16. The predicted octanol–water partition coefficient (Wildman–Crippen LogP) is 4.13. The average Bonchev–Trinajstić information content (AvgIpc) is 2.93. The Hall–Kier alpha value is -2.55. The highest BCUT2D eigenvalue weighted by molar-refractivity contribution is 7.16. The molecular formula is C19H15ClN2O2S. The van der Waals surface area contributed by atoms with Crippen LogP contribution in [0.5, 0.6) is 5.75 Å². The molecule has 4 nitrogen and oxygen atoms in total. The van der Waals surface area contributed by atoms with Crippen LogP contribution in [-0.4, -0.2) is 17.1 Å². The van der Waals surface area contributed by atoms with Crippen LogP contribution in [0.4, 0.5) is 0 Å². The van der Waals surface area contributed by atoms with Crippen molar-refractivity contribution < 1.29 is 9.53 Å². The van der Waals surface area contributed by atoms with Gasteiger partial charge >= 0.3 is 0 Å². The van der Waals surface area contributed by atoms with Crippen LogP contribution >= 0.6 is 22.9 Å². The lowest BCUT2D eigenvalue weighted by Crippen LogP contribution is -2.16. The third-order valence-corrected chi connectivity index (χ3v) is 4.80. The summed E-state index contributed by atoms with van der Waals surface area (Å²) in [6.45, 7) is 2.86. The number of amides is 1. The Labute approximate surface area is 154 Å². The topological polar surface area (TPSA) is 43.6 Å². The van der Waals surface area contributed by atoms with E-state index < -0.39 is 0 Å². The summed E-state index contributed by atoms with van der Waals surface area (Å²) in [5.74, 6) is 3.06. The Morgan fingerprint density at radius 1 is 1.32 bits per heavy atom. The first-order chi connectivity index (χ1) is 12.1. The van der Waals surface area contributed by atoms with Crippen molar-refractivity contribution in [2.75, 3.05) is 6.61 Å². The molecule has 0 atom stereocenters. The van der Waals surface area contributed by atoms with Gasteiger partial charge in [-0.15, -0.1) is 6.42 Å². The molecule has 0 bridgehead atoms. The van der Waals surface area contributed by atoms with Crippen molar-refractivity contribution in [1.82, 2.24) is 4.57 Å². The molecule has 0 radical (unpaired) electrons. The maximum absolute atomic E-state index is 12.4. The van der Waals surface area contributed by atoms with E-state index in [2.05, 4.69) is 10.9 Å². The van der Waals surface area contributed by atoms with E-state index in [0.29, 0.717) is 28.5 Å². The Bertz CT molecular complexity index is 1030. The highest BCUT2D eigenvalue weighted by atomic mass is 35.5. The summed E-state index contributed by atoms with van der Waals surface area (Å²) in [5, 5.41) is 0.573. The molecule has 2 aromatic carbocycles. The van der Waals surface area contributed by atoms with Gasteiger partial charge in [0.2, 0.25) is 0 Å². The molecule has 0 fully saturated rings. The first-order valence-electron chi connectivity index (χ1n) is 7.66. The SMILES string of the molecule is C#CCn1c(=NC(=O)c2ccc(Cl)cc2)sc2cc(OCC)ccc21. The molecule has 3 aromatic rings. The van der Waals surface area contributed by atoms with Crippen LogP contribution in [0.2, 0.25) is 5.02 Å². The molecule has 1 aromatic heterocycles. The van der Waals surface area contributed by atoms with Gasteiger partial charge in [0.05, 0.1) is 23.4 Å². The number of thiazole rings is 1. The number of aromatic nitrogens is 1. The van der Waals surface area contributed by atoms with Gasteiger partial charge in [0.25, 0.3) is 5.91 Å². The van der Waals surface area contributed by atoms with Crippen LogP contribution < -0.4 is 9.54 Å². The van der Waals surface area contributed by atoms with Gasteiger partial charge in [-0.3, -0.25) is 4.79 Å². The number of hydrogen-bond donors (Lipinski definition) is 0. The highest BCUT2D eigenvalue weighted by Gasteiger charge is 2.10. The van der Waals surface area contributed by atoms with E-state index in [4.69, 9.17) is 22.8 Å². The number of rotatable bonds is 4. The summed E-state index contributed by atoms with van der Waals surface area (Å²) in [5.41, 5.74) is 1.40. The molecule has 0 saturated heterocycles. The van der Waals surface area contributed by atoms with Gasteiger partial charge in [-0.1, -0.05) is 28.9 Å². The lowest BCUT2D eigenvalue weighted by molar-refractivity contribution is 0.0998. The molecule has 0 aliphatic heterocycles. The van der Waals surface area contributed by atoms with Crippen molar-refractivity contribution >= 4 is 39.1 Å². The van der Waals surface area contributed by atoms with Gasteiger partial charge in [-0.25, -0.2) is 0 Å². The van der Waals surface area contributed by atoms with E-state index in [1.54, 1.807) is 24.3 Å². The van der Waals surface area contributed by atoms with Crippen LogP contribution in [0.1, 0.15) is 17.3 Å². The predicted molar refractivity (Wildman–Crippen MR) is 101 cm³/mol. The van der Waals surface area contributed by atoms with Crippen molar-refractivity contribution in [2.24, 2.45) is 4.99 Å². The van der Waals surface area contributed by atoms with E-state index >= 15 is 0 Å². The number of hydrogen-bond acceptors (Lipinski definition) is 3. The van der Waals surface area contributed by atoms with E-state index in [-0.39, 0.29) is 5.91 Å². The fourth-order valence-electron chi connectivity index (χ4n) is 2.38. The first kappa shape index (κ1) is 17.3. The fraction of sp³-hybridized carbons (Fsp3) is 0.158. The van der Waals surface area contributed by atoms with E-state index in [1.807, 2.05) is 29.7 Å². The summed E-state index contributed by atoms with van der Waals surface area (Å²) < 4.78 is 8.34. The largest absolute Gasteiger partial charge is 0.494 e. The van der Waals surface area contributed by atoms with Crippen LogP contribution in [0.25, 0.3) is 10.2 Å². The molecule has 6 heteroatoms. The Balaban J connectivity index is 2.10. The zero-order valence-corrected chi connectivity index (χ0v) is 15.1. The van der Waals surface area contributed by atoms with Gasteiger partial charge in [0, 0.05) is 10.6 Å². The fourth-order valence-corrected chi connectivity index (χ4v) is 3.57. The third-order valence-electron chi connectivity index (χ3n) is 3.50. The number of terminal acetylenes is 1. The minimum absolute atomic E-state index is 0.334. The van der Waals surface area contributed by atoms with Crippen molar-refractivity contribution in [3.8, 4) is 18.1 Å². The van der Waals surface area contributed by atoms with Crippen molar-refractivity contribution in [3.63, 3.8) is 0 Å². The summed E-state index contributed by atoms with van der Waals surface area (Å²) >= 11 is 7.26. The van der Waals surface area contributed by atoms with E-state index in [9.17, 15) is 4.79 Å². The van der Waals surface area contributed by atoms with Gasteiger partial charge < -0.3 is 9.30 Å². The van der Waals surface area contributed by atoms with Crippen LogP contribution in [0.15, 0.2) is 47.5 Å². The molecule has 0 aliphatic carbocycles. The summed E-state index contributed by atoms with van der Waals surface area (Å²) in [7, 11) is 0. The van der Waals surface area contributed by atoms with Crippen molar-refractivity contribution in [1.29, 1.82) is 0 Å². The quantitative estimate of drug-likeness (QED) is 0.648. The average molecular weight is 371 g/mol. The molecule has 0 aliphatic rings.